The van der Waals surface area contributed by atoms with E-state index in [1.165, 1.54) is 33.4 Å². The molecule has 0 aliphatic carbocycles. The maximum Gasteiger partial charge on any atom is 0.330 e. The Morgan fingerprint density at radius 3 is 2.01 bits per heavy atom. The van der Waals surface area contributed by atoms with Gasteiger partial charge in [-0.25, -0.2) is 14.8 Å². The van der Waals surface area contributed by atoms with Gasteiger partial charge < -0.3 is 38.4 Å². The zero-order valence-electron chi connectivity index (χ0n) is 38.2. The van der Waals surface area contributed by atoms with Gasteiger partial charge in [0.05, 0.1) is 42.6 Å². The van der Waals surface area contributed by atoms with Crippen molar-refractivity contribution in [3.8, 4) is 0 Å². The van der Waals surface area contributed by atoms with Crippen molar-refractivity contribution in [2.75, 3.05) is 20.8 Å². The molecule has 0 aromatic carbocycles. The smallest absolute Gasteiger partial charge is 0.330 e. The highest BCUT2D eigenvalue weighted by Crippen LogP contribution is 2.38. The number of methoxy groups -OCH3 is 2. The molecule has 7 heterocycles. The zero-order valence-corrected chi connectivity index (χ0v) is 38.2. The summed E-state index contributed by atoms with van der Waals surface area (Å²) in [7, 11) is 2.69. The van der Waals surface area contributed by atoms with Crippen molar-refractivity contribution < 1.29 is 52.4 Å². The molecule has 4 aromatic heterocycles. The number of H-pyrrole nitrogens is 3. The Labute approximate surface area is 382 Å². The van der Waals surface area contributed by atoms with E-state index in [1.54, 1.807) is 6.08 Å². The molecule has 0 spiro atoms. The lowest BCUT2D eigenvalue weighted by molar-refractivity contribution is -0.166. The number of carbonyl (C=O) groups excluding carboxylic acids is 5. The average molecular weight is 919 g/mol. The van der Waals surface area contributed by atoms with Crippen molar-refractivity contribution in [3.05, 3.63) is 109 Å². The van der Waals surface area contributed by atoms with Crippen LogP contribution in [0.3, 0.4) is 0 Å². The number of nitrogens with one attached hydrogen (secondary N) is 3. The summed E-state index contributed by atoms with van der Waals surface area (Å²) in [6, 6.07) is 11.6. The predicted octanol–water partition coefficient (Wildman–Crippen LogP) is 5.43. The van der Waals surface area contributed by atoms with Gasteiger partial charge in [-0.15, -0.1) is 0 Å². The number of carbonyl (C=O) groups is 5. The number of aromatic amines is 3. The van der Waals surface area contributed by atoms with Gasteiger partial charge in [-0.3, -0.25) is 38.3 Å². The van der Waals surface area contributed by atoms with E-state index in [1.807, 2.05) is 57.2 Å². The third-order valence-electron chi connectivity index (χ3n) is 11.5. The van der Waals surface area contributed by atoms with Crippen LogP contribution in [0.5, 0.6) is 0 Å². The third-order valence-corrected chi connectivity index (χ3v) is 11.5. The fraction of sp³-hybridized carbons (Fsp3) is 0.354. The van der Waals surface area contributed by atoms with E-state index in [0.29, 0.717) is 41.2 Å². The monoisotopic (exact) mass is 918 g/mol. The van der Waals surface area contributed by atoms with Crippen LogP contribution in [0.4, 0.5) is 0 Å². The highest BCUT2D eigenvalue weighted by molar-refractivity contribution is 5.99. The van der Waals surface area contributed by atoms with E-state index in [4.69, 9.17) is 38.4 Å². The van der Waals surface area contributed by atoms with E-state index in [-0.39, 0.29) is 30.3 Å². The van der Waals surface area contributed by atoms with Crippen LogP contribution >= 0.6 is 0 Å². The summed E-state index contributed by atoms with van der Waals surface area (Å²) in [4.78, 5) is 107. The normalized spacial score (nSPS) is 18.0. The Morgan fingerprint density at radius 2 is 1.33 bits per heavy atom. The Morgan fingerprint density at radius 1 is 0.701 bits per heavy atom. The standard InChI is InChI=1S/C48H50N6O13/c1-23-15-31-17-32-16-29(10-13-42(58)62-7)38(50-32)20-40-34(12-14-43(59)63-8)25(3)37(52-40)19-36-24(2)33(39(51-36)18-35(23)49-31)11-9-30-21-54(48(61)53-46(30)60)47-45(66-28(6)57)44(65-27(5)56)41(67-47)22-64-26(4)55/h9,11,15-21,41,44-45,47,49-50H,10,12-14,22H2,1-8H3,(H,53,60,61)/b11-9+,31-17?,32-17?,35-18?,36-19?,37-19?,38-20?,39-18?,40-20?/t41-,44?,45?,47-/m1/s1. The highest BCUT2D eigenvalue weighted by atomic mass is 16.7. The summed E-state index contributed by atoms with van der Waals surface area (Å²) in [5, 5.41) is 0. The van der Waals surface area contributed by atoms with E-state index in [2.05, 4.69) is 15.0 Å². The van der Waals surface area contributed by atoms with Gasteiger partial charge in [0.25, 0.3) is 5.56 Å². The second-order valence-corrected chi connectivity index (χ2v) is 16.2. The van der Waals surface area contributed by atoms with Crippen molar-refractivity contribution in [2.24, 2.45) is 0 Å². The molecule has 0 saturated carbocycles. The van der Waals surface area contributed by atoms with E-state index in [9.17, 15) is 33.6 Å². The minimum absolute atomic E-state index is 0.000666. The number of aromatic nitrogens is 6. The van der Waals surface area contributed by atoms with Crippen LogP contribution in [0.15, 0.2) is 58.3 Å². The highest BCUT2D eigenvalue weighted by Gasteiger charge is 2.51. The summed E-state index contributed by atoms with van der Waals surface area (Å²) < 4.78 is 33.1. The maximum absolute atomic E-state index is 13.4. The van der Waals surface area contributed by atoms with Gasteiger partial charge in [0.1, 0.15) is 12.7 Å². The number of allylic oxidation sites excluding steroid dienone is 5. The van der Waals surface area contributed by atoms with Crippen LogP contribution in [-0.2, 0) is 58.8 Å². The Balaban J connectivity index is 1.37. The quantitative estimate of drug-likeness (QED) is 0.112. The Kier molecular flexibility index (Phi) is 14.0. The molecule has 4 atom stereocenters. The first kappa shape index (κ1) is 47.3. The van der Waals surface area contributed by atoms with Crippen molar-refractivity contribution in [3.63, 3.8) is 0 Å². The van der Waals surface area contributed by atoms with E-state index in [0.717, 1.165) is 68.3 Å². The fourth-order valence-corrected chi connectivity index (χ4v) is 8.18. The van der Waals surface area contributed by atoms with Gasteiger partial charge in [0.2, 0.25) is 0 Å². The molecule has 3 aliphatic rings. The lowest BCUT2D eigenvalue weighted by Crippen LogP contribution is -2.42. The molecule has 0 radical (unpaired) electrons. The summed E-state index contributed by atoms with van der Waals surface area (Å²) >= 11 is 0. The Bertz CT molecular complexity index is 3080. The van der Waals surface area contributed by atoms with E-state index >= 15 is 0 Å². The molecule has 19 nitrogen and oxygen atoms in total. The van der Waals surface area contributed by atoms with Gasteiger partial charge >= 0.3 is 35.5 Å². The van der Waals surface area contributed by atoms with Crippen LogP contribution in [-0.4, -0.2) is 98.5 Å². The maximum atomic E-state index is 13.4. The molecule has 1 fully saturated rings. The molecule has 3 aliphatic heterocycles. The molecule has 4 aromatic rings. The second-order valence-electron chi connectivity index (χ2n) is 16.2. The molecule has 3 N–H and O–H groups in total. The number of fused-ring (bicyclic) bond motifs is 8. The molecule has 8 bridgehead atoms. The molecule has 19 heteroatoms. The fourth-order valence-electron chi connectivity index (χ4n) is 8.18. The first-order chi connectivity index (χ1) is 31.9. The lowest BCUT2D eigenvalue weighted by atomic mass is 10.00. The van der Waals surface area contributed by atoms with Crippen LogP contribution in [0.2, 0.25) is 0 Å². The third kappa shape index (κ3) is 10.6. The van der Waals surface area contributed by atoms with Crippen LogP contribution in [0.1, 0.15) is 99.6 Å². The van der Waals surface area contributed by atoms with Crippen molar-refractivity contribution in [1.29, 1.82) is 0 Å². The lowest BCUT2D eigenvalue weighted by Gasteiger charge is -2.24. The zero-order chi connectivity index (χ0) is 48.3. The molecule has 7 rings (SSSR count). The molecule has 1 saturated heterocycles. The molecule has 67 heavy (non-hydrogen) atoms. The second kappa shape index (κ2) is 19.8. The summed E-state index contributed by atoms with van der Waals surface area (Å²) in [5.74, 6) is -2.88. The number of ether oxygens (including phenoxy) is 6. The molecular formula is C48H50N6O13. The number of hydrogen-bond acceptors (Lipinski definition) is 15. The average Bonchev–Trinajstić information content (AvgIpc) is 4.05. The first-order valence-electron chi connectivity index (χ1n) is 21.4. The van der Waals surface area contributed by atoms with Crippen LogP contribution < -0.4 is 11.2 Å². The van der Waals surface area contributed by atoms with Crippen molar-refractivity contribution in [2.45, 2.75) is 91.8 Å². The summed E-state index contributed by atoms with van der Waals surface area (Å²) in [6.45, 7) is 8.81. The van der Waals surface area contributed by atoms with E-state index < -0.39 is 60.3 Å². The van der Waals surface area contributed by atoms with Crippen LogP contribution in [0.25, 0.3) is 50.4 Å². The van der Waals surface area contributed by atoms with Crippen LogP contribution in [0, 0.1) is 6.92 Å². The number of nitrogens with zero attached hydrogens (tertiary/aromatic N) is 3. The topological polar surface area (TPSA) is 253 Å². The number of aryl methyl sites for hydroxylation is 2. The number of esters is 5. The SMILES string of the molecule is COC(=O)CCC1=C(C)c2cc3nc(cc4[nH]c(cc4C)cc4cc(CCC(=O)OC)c(cc1n2)[nH]4)C(/C=C/c1cn([C@@H]2O[C@H](COC(C)=O)C(OC(C)=O)C2OC(C)=O)c(=O)[nH]c1=O)=C3C. The molecule has 0 amide bonds. The number of hydrogen-bond donors (Lipinski definition) is 3. The number of rotatable bonds is 13. The molecule has 350 valence electrons. The summed E-state index contributed by atoms with van der Waals surface area (Å²) in [5.41, 5.74) is 8.50. The van der Waals surface area contributed by atoms with Crippen molar-refractivity contribution >= 4 is 80.3 Å². The predicted molar refractivity (Wildman–Crippen MR) is 244 cm³/mol. The van der Waals surface area contributed by atoms with Gasteiger partial charge in [-0.2, -0.15) is 0 Å². The first-order valence-corrected chi connectivity index (χ1v) is 21.4. The van der Waals surface area contributed by atoms with Gasteiger partial charge in [0, 0.05) is 67.4 Å². The van der Waals surface area contributed by atoms with Gasteiger partial charge in [-0.1, -0.05) is 6.08 Å². The molecular weight excluding hydrogens is 869 g/mol. The van der Waals surface area contributed by atoms with Gasteiger partial charge in [-0.05, 0) is 104 Å². The minimum atomic E-state index is -1.42. The minimum Gasteiger partial charge on any atom is -0.469 e. The molecule has 2 unspecified atom stereocenters. The largest absolute Gasteiger partial charge is 0.469 e. The Hall–Kier alpha value is -7.67. The van der Waals surface area contributed by atoms with Gasteiger partial charge in [0.15, 0.2) is 18.4 Å². The summed E-state index contributed by atoms with van der Waals surface area (Å²) in [6.07, 6.45) is 0.235. The van der Waals surface area contributed by atoms with Crippen molar-refractivity contribution in [1.82, 2.24) is 29.5 Å².